The zero-order chi connectivity index (χ0) is 13.0. The summed E-state index contributed by atoms with van der Waals surface area (Å²) in [7, 11) is 0. The van der Waals surface area contributed by atoms with Crippen molar-refractivity contribution in [2.24, 2.45) is 0 Å². The van der Waals surface area contributed by atoms with E-state index in [9.17, 15) is 9.59 Å². The predicted molar refractivity (Wildman–Crippen MR) is 86.4 cm³/mol. The van der Waals surface area contributed by atoms with E-state index in [4.69, 9.17) is 5.11 Å². The average molecular weight is 572 g/mol. The molecule has 0 atom stereocenters. The molecule has 0 unspecified atom stereocenters. The summed E-state index contributed by atoms with van der Waals surface area (Å²) in [6.45, 7) is 0. The van der Waals surface area contributed by atoms with E-state index < -0.39 is 0 Å². The highest BCUT2D eigenvalue weighted by atomic mass is 127. The Bertz CT molecular complexity index is 417. The fraction of sp³-hybridized carbons (Fsp3) is 0.222. The Labute approximate surface area is 139 Å². The molecule has 92 valence electrons. The van der Waals surface area contributed by atoms with Crippen molar-refractivity contribution in [1.29, 1.82) is 0 Å². The van der Waals surface area contributed by atoms with Crippen molar-refractivity contribution in [3.63, 3.8) is 0 Å². The summed E-state index contributed by atoms with van der Waals surface area (Å²) in [5.74, 6) is 0.154. The van der Waals surface area contributed by atoms with Crippen molar-refractivity contribution in [3.8, 4) is 5.75 Å². The molecule has 2 heterocycles. The summed E-state index contributed by atoms with van der Waals surface area (Å²) in [6.07, 6.45) is 2.36. The van der Waals surface area contributed by atoms with E-state index in [-0.39, 0.29) is 11.8 Å². The second-order valence-corrected chi connectivity index (χ2v) is 6.07. The van der Waals surface area contributed by atoms with Gasteiger partial charge in [-0.25, -0.2) is 8.10 Å². The van der Waals surface area contributed by atoms with Crippen LogP contribution >= 0.6 is 68.0 Å². The van der Waals surface area contributed by atoms with Crippen LogP contribution in [0.2, 0.25) is 0 Å². The molecule has 17 heavy (non-hydrogen) atoms. The van der Waals surface area contributed by atoms with Gasteiger partial charge in [0.05, 0.1) is 26.4 Å². The molecule has 1 aromatic rings. The molecule has 1 N–H and O–H groups in total. The molecule has 1 aliphatic rings. The lowest BCUT2D eigenvalue weighted by Gasteiger charge is -1.97. The number of hydrogen-bond donors (Lipinski definition) is 1. The first-order valence-corrected chi connectivity index (χ1v) is 7.56. The Balaban J connectivity index is 0.000000171. The van der Waals surface area contributed by atoms with Crippen LogP contribution in [0.4, 0.5) is 0 Å². The van der Waals surface area contributed by atoms with E-state index in [2.05, 4.69) is 27.6 Å². The predicted octanol–water partition coefficient (Wildman–Crippen LogP) is 2.48. The number of imide groups is 1. The largest absolute Gasteiger partial charge is 0.507 e. The Morgan fingerprint density at radius 3 is 2.06 bits per heavy atom. The van der Waals surface area contributed by atoms with Gasteiger partial charge in [-0.15, -0.1) is 0 Å². The van der Waals surface area contributed by atoms with Crippen LogP contribution in [0.3, 0.4) is 0 Å². The summed E-state index contributed by atoms with van der Waals surface area (Å²) < 4.78 is 2.79. The van der Waals surface area contributed by atoms with Gasteiger partial charge in [-0.3, -0.25) is 9.59 Å². The summed E-state index contributed by atoms with van der Waals surface area (Å²) in [5.41, 5.74) is 0. The molecular weight excluding hydrogens is 565 g/mol. The standard InChI is InChI=1S/C5H3I2NO.C4H4INO2/c6-4-3(9)1-2-8-5(4)7;5-6-3(7)1-2-4(6)8/h1-2H,(H,8,9);1-2H2. The van der Waals surface area contributed by atoms with Gasteiger partial charge in [0.2, 0.25) is 11.8 Å². The normalized spacial score (nSPS) is 14.6. The fourth-order valence-corrected chi connectivity index (χ4v) is 2.20. The van der Waals surface area contributed by atoms with E-state index in [1.807, 2.05) is 22.6 Å². The van der Waals surface area contributed by atoms with E-state index in [1.165, 1.54) is 0 Å². The first-order valence-electron chi connectivity index (χ1n) is 4.44. The third-order valence-corrected chi connectivity index (χ3v) is 5.81. The zero-order valence-corrected chi connectivity index (χ0v) is 14.8. The Hall–Kier alpha value is 0.280. The summed E-state index contributed by atoms with van der Waals surface area (Å²) in [5, 5.41) is 9.05. The maximum absolute atomic E-state index is 10.5. The average Bonchev–Trinajstić information content (AvgIpc) is 2.58. The SMILES string of the molecule is O=C1CCC(=O)N1I.Oc1ccnc(I)c1I. The van der Waals surface area contributed by atoms with Gasteiger partial charge in [0.1, 0.15) is 9.45 Å². The van der Waals surface area contributed by atoms with E-state index in [0.29, 0.717) is 18.6 Å². The second-order valence-electron chi connectivity index (χ2n) is 3.00. The van der Waals surface area contributed by atoms with Crippen molar-refractivity contribution < 1.29 is 14.7 Å². The molecule has 5 nitrogen and oxygen atoms in total. The molecule has 1 aromatic heterocycles. The maximum atomic E-state index is 10.5. The Kier molecular flexibility index (Phi) is 6.33. The first-order chi connectivity index (χ1) is 7.93. The molecule has 0 radical (unpaired) electrons. The lowest BCUT2D eigenvalue weighted by Crippen LogP contribution is -2.16. The van der Waals surface area contributed by atoms with Gasteiger partial charge in [0.25, 0.3) is 0 Å². The maximum Gasteiger partial charge on any atom is 0.238 e. The van der Waals surface area contributed by atoms with Gasteiger partial charge in [-0.05, 0) is 51.2 Å². The van der Waals surface area contributed by atoms with Crippen LogP contribution in [0.5, 0.6) is 5.75 Å². The van der Waals surface area contributed by atoms with Gasteiger partial charge in [0.15, 0.2) is 0 Å². The topological polar surface area (TPSA) is 70.5 Å². The van der Waals surface area contributed by atoms with Crippen LogP contribution in [-0.4, -0.2) is 25.0 Å². The molecule has 8 heteroatoms. The zero-order valence-electron chi connectivity index (χ0n) is 8.36. The Morgan fingerprint density at radius 1 is 1.24 bits per heavy atom. The number of rotatable bonds is 0. The van der Waals surface area contributed by atoms with Crippen LogP contribution in [0.15, 0.2) is 12.3 Å². The Morgan fingerprint density at radius 2 is 1.76 bits per heavy atom. The minimum atomic E-state index is -0.0735. The van der Waals surface area contributed by atoms with Gasteiger partial charge in [-0.1, -0.05) is 0 Å². The number of aromatic hydroxyl groups is 1. The number of nitrogens with zero attached hydrogens (tertiary/aromatic N) is 2. The number of amides is 2. The number of halogens is 3. The molecule has 2 amide bonds. The first kappa shape index (κ1) is 15.3. The monoisotopic (exact) mass is 572 g/mol. The van der Waals surface area contributed by atoms with Crippen LogP contribution in [0.25, 0.3) is 0 Å². The van der Waals surface area contributed by atoms with Crippen LogP contribution in [-0.2, 0) is 9.59 Å². The lowest BCUT2D eigenvalue weighted by atomic mass is 10.4. The van der Waals surface area contributed by atoms with Gasteiger partial charge >= 0.3 is 0 Å². The van der Waals surface area contributed by atoms with Gasteiger partial charge < -0.3 is 5.11 Å². The minimum absolute atomic E-state index is 0.0735. The van der Waals surface area contributed by atoms with Crippen LogP contribution in [0, 0.1) is 7.27 Å². The molecule has 0 aliphatic carbocycles. The summed E-state index contributed by atoms with van der Waals surface area (Å²) >= 11 is 5.84. The molecule has 0 bridgehead atoms. The number of carbonyl (C=O) groups excluding carboxylic acids is 2. The summed E-state index contributed by atoms with van der Waals surface area (Å²) in [6, 6.07) is 1.57. The van der Waals surface area contributed by atoms with Gasteiger partial charge in [0, 0.05) is 19.0 Å². The number of carbonyl (C=O) groups is 2. The minimum Gasteiger partial charge on any atom is -0.507 e. The molecule has 0 spiro atoms. The van der Waals surface area contributed by atoms with E-state index >= 15 is 0 Å². The lowest BCUT2D eigenvalue weighted by molar-refractivity contribution is -0.130. The number of pyridine rings is 1. The van der Waals surface area contributed by atoms with Crippen molar-refractivity contribution in [2.45, 2.75) is 12.8 Å². The smallest absolute Gasteiger partial charge is 0.238 e. The quantitative estimate of drug-likeness (QED) is 0.225. The van der Waals surface area contributed by atoms with Crippen molar-refractivity contribution in [2.75, 3.05) is 0 Å². The third kappa shape index (κ3) is 4.46. The fourth-order valence-electron chi connectivity index (χ4n) is 0.958. The number of aromatic nitrogens is 1. The molecule has 2 rings (SSSR count). The molecule has 0 saturated carbocycles. The van der Waals surface area contributed by atoms with Crippen molar-refractivity contribution >= 4 is 79.9 Å². The van der Waals surface area contributed by atoms with Crippen LogP contribution < -0.4 is 0 Å². The third-order valence-electron chi connectivity index (χ3n) is 1.82. The molecule has 1 saturated heterocycles. The molecular formula is C9H7I3N2O3. The summed E-state index contributed by atoms with van der Waals surface area (Å²) in [4.78, 5) is 24.9. The molecule has 1 aliphatic heterocycles. The van der Waals surface area contributed by atoms with Crippen molar-refractivity contribution in [3.05, 3.63) is 19.5 Å². The van der Waals surface area contributed by atoms with E-state index in [1.54, 1.807) is 35.1 Å². The van der Waals surface area contributed by atoms with E-state index in [0.717, 1.165) is 10.4 Å². The highest BCUT2D eigenvalue weighted by Crippen LogP contribution is 2.21. The number of hydrogen-bond acceptors (Lipinski definition) is 4. The molecule has 0 aromatic carbocycles. The molecule has 1 fully saturated rings. The second kappa shape index (κ2) is 7.01. The highest BCUT2D eigenvalue weighted by Gasteiger charge is 2.26. The van der Waals surface area contributed by atoms with Crippen molar-refractivity contribution in [1.82, 2.24) is 8.10 Å². The van der Waals surface area contributed by atoms with Crippen LogP contribution in [0.1, 0.15) is 12.8 Å². The van der Waals surface area contributed by atoms with Gasteiger partial charge in [-0.2, -0.15) is 0 Å². The highest BCUT2D eigenvalue weighted by molar-refractivity contribution is 14.1.